The highest BCUT2D eigenvalue weighted by Crippen LogP contribution is 2.47. The number of aryl methyl sites for hydroxylation is 1. The Kier molecular flexibility index (Phi) is 7.86. The van der Waals surface area contributed by atoms with Crippen molar-refractivity contribution in [3.63, 3.8) is 0 Å². The molecule has 10 heteroatoms. The summed E-state index contributed by atoms with van der Waals surface area (Å²) in [5, 5.41) is 10.5. The molecule has 0 aliphatic rings. The monoisotopic (exact) mass is 362 g/mol. The molecule has 1 heterocycles. The van der Waals surface area contributed by atoms with Gasteiger partial charge in [-0.05, 0) is 34.6 Å². The van der Waals surface area contributed by atoms with Crippen LogP contribution in [0.15, 0.2) is 6.20 Å². The van der Waals surface area contributed by atoms with Crippen LogP contribution in [0.3, 0.4) is 0 Å². The molecule has 0 spiro atoms. The van der Waals surface area contributed by atoms with E-state index in [1.54, 1.807) is 40.8 Å². The maximum atomic E-state index is 12.4. The highest BCUT2D eigenvalue weighted by atomic mass is 31.2. The van der Waals surface area contributed by atoms with Gasteiger partial charge in [-0.1, -0.05) is 5.21 Å². The van der Waals surface area contributed by atoms with Crippen LogP contribution in [0.5, 0.6) is 0 Å². The van der Waals surface area contributed by atoms with Gasteiger partial charge in [-0.3, -0.25) is 9.25 Å². The first-order chi connectivity index (χ1) is 11.2. The molecule has 0 saturated heterocycles. The van der Waals surface area contributed by atoms with Gasteiger partial charge in [0.15, 0.2) is 0 Å². The summed E-state index contributed by atoms with van der Waals surface area (Å²) in [6, 6.07) is 0. The number of hydrogen-bond donors (Lipinski definition) is 1. The van der Waals surface area contributed by atoms with Crippen molar-refractivity contribution in [3.8, 4) is 0 Å². The molecule has 1 aromatic heterocycles. The van der Waals surface area contributed by atoms with Gasteiger partial charge in [0, 0.05) is 0 Å². The van der Waals surface area contributed by atoms with Gasteiger partial charge < -0.3 is 19.1 Å². The van der Waals surface area contributed by atoms with Crippen LogP contribution in [-0.4, -0.2) is 46.1 Å². The molecular formula is C14H27N4O5P. The number of alkyl carbamates (subject to hydrolysis) is 1. The predicted molar refractivity (Wildman–Crippen MR) is 88.8 cm³/mol. The molecule has 9 nitrogen and oxygen atoms in total. The molecule has 1 aromatic rings. The van der Waals surface area contributed by atoms with E-state index in [1.165, 1.54) is 4.68 Å². The molecule has 0 fully saturated rings. The van der Waals surface area contributed by atoms with E-state index < -0.39 is 19.3 Å². The quantitative estimate of drug-likeness (QED) is 0.673. The SMILES string of the molecule is CCOP(=O)(CCn1cc(CNC(=O)OC(C)(C)C)nn1)OCC. The van der Waals surface area contributed by atoms with Crippen LogP contribution in [0.1, 0.15) is 40.3 Å². The highest BCUT2D eigenvalue weighted by Gasteiger charge is 2.23. The number of carbonyl (C=O) groups is 1. The number of nitrogens with zero attached hydrogens (tertiary/aromatic N) is 3. The standard InChI is InChI=1S/C14H27N4O5P/c1-6-21-24(20,22-7-2)9-8-18-11-12(16-17-18)10-15-13(19)23-14(3,4)5/h11H,6-10H2,1-5H3,(H,15,19). The van der Waals surface area contributed by atoms with Crippen LogP contribution in [-0.2, 0) is 31.4 Å². The minimum atomic E-state index is -3.11. The van der Waals surface area contributed by atoms with E-state index in [-0.39, 0.29) is 12.7 Å². The Hall–Kier alpha value is -1.44. The van der Waals surface area contributed by atoms with Crippen molar-refractivity contribution >= 4 is 13.7 Å². The Morgan fingerprint density at radius 3 is 2.46 bits per heavy atom. The Labute approximate surface area is 142 Å². The molecule has 24 heavy (non-hydrogen) atoms. The predicted octanol–water partition coefficient (Wildman–Crippen LogP) is 2.57. The van der Waals surface area contributed by atoms with E-state index in [0.717, 1.165) is 0 Å². The molecule has 0 radical (unpaired) electrons. The first-order valence-corrected chi connectivity index (χ1v) is 9.64. The van der Waals surface area contributed by atoms with Crippen LogP contribution in [0.4, 0.5) is 4.79 Å². The fraction of sp³-hybridized carbons (Fsp3) is 0.786. The molecule has 138 valence electrons. The van der Waals surface area contributed by atoms with Gasteiger partial charge in [-0.25, -0.2) is 4.79 Å². The summed E-state index contributed by atoms with van der Waals surface area (Å²) in [6.45, 7) is 10.1. The lowest BCUT2D eigenvalue weighted by atomic mass is 10.2. The first kappa shape index (κ1) is 20.6. The maximum Gasteiger partial charge on any atom is 0.407 e. The van der Waals surface area contributed by atoms with E-state index in [4.69, 9.17) is 13.8 Å². The molecule has 0 unspecified atom stereocenters. The molecule has 0 bridgehead atoms. The van der Waals surface area contributed by atoms with Crippen molar-refractivity contribution in [2.24, 2.45) is 0 Å². The fourth-order valence-electron chi connectivity index (χ4n) is 1.79. The summed E-state index contributed by atoms with van der Waals surface area (Å²) in [5.74, 6) is 0. The van der Waals surface area contributed by atoms with Crippen molar-refractivity contribution in [2.75, 3.05) is 19.4 Å². The Morgan fingerprint density at radius 1 is 1.29 bits per heavy atom. The van der Waals surface area contributed by atoms with Crippen LogP contribution in [0, 0.1) is 0 Å². The summed E-state index contributed by atoms with van der Waals surface area (Å²) < 4.78 is 29.5. The minimum Gasteiger partial charge on any atom is -0.444 e. The van der Waals surface area contributed by atoms with Crippen molar-refractivity contribution in [1.29, 1.82) is 0 Å². The lowest BCUT2D eigenvalue weighted by Crippen LogP contribution is -2.32. The van der Waals surface area contributed by atoms with Crippen LogP contribution < -0.4 is 5.32 Å². The number of aromatic nitrogens is 3. The minimum absolute atomic E-state index is 0.198. The molecule has 0 aliphatic carbocycles. The second-order valence-electron chi connectivity index (χ2n) is 6.00. The van der Waals surface area contributed by atoms with Gasteiger partial charge in [-0.15, -0.1) is 5.10 Å². The van der Waals surface area contributed by atoms with Gasteiger partial charge in [0.05, 0.1) is 38.7 Å². The van der Waals surface area contributed by atoms with Gasteiger partial charge in [0.25, 0.3) is 0 Å². The lowest BCUT2D eigenvalue weighted by molar-refractivity contribution is 0.0523. The number of nitrogens with one attached hydrogen (secondary N) is 1. The summed E-state index contributed by atoms with van der Waals surface area (Å²) in [6.07, 6.45) is 1.35. The molecule has 1 amide bonds. The van der Waals surface area contributed by atoms with E-state index in [0.29, 0.717) is 25.5 Å². The van der Waals surface area contributed by atoms with Crippen molar-refractivity contribution in [3.05, 3.63) is 11.9 Å². The zero-order valence-electron chi connectivity index (χ0n) is 14.9. The van der Waals surface area contributed by atoms with E-state index in [9.17, 15) is 9.36 Å². The summed E-state index contributed by atoms with van der Waals surface area (Å²) in [4.78, 5) is 11.6. The molecule has 0 aliphatic heterocycles. The van der Waals surface area contributed by atoms with Gasteiger partial charge in [-0.2, -0.15) is 0 Å². The molecule has 0 saturated carbocycles. The average molecular weight is 362 g/mol. The van der Waals surface area contributed by atoms with E-state index in [2.05, 4.69) is 15.6 Å². The van der Waals surface area contributed by atoms with Crippen molar-refractivity contribution in [1.82, 2.24) is 20.3 Å². The first-order valence-electron chi connectivity index (χ1n) is 7.91. The smallest absolute Gasteiger partial charge is 0.407 e. The van der Waals surface area contributed by atoms with Crippen LogP contribution >= 0.6 is 7.60 Å². The third-order valence-corrected chi connectivity index (χ3v) is 4.70. The molecule has 1 N–H and O–H groups in total. The number of hydrogen-bond acceptors (Lipinski definition) is 7. The normalized spacial score (nSPS) is 12.2. The number of amides is 1. The second kappa shape index (κ2) is 9.15. The Balaban J connectivity index is 2.48. The summed E-state index contributed by atoms with van der Waals surface area (Å²) >= 11 is 0. The average Bonchev–Trinajstić information content (AvgIpc) is 2.90. The number of ether oxygens (including phenoxy) is 1. The molecular weight excluding hydrogens is 335 g/mol. The topological polar surface area (TPSA) is 105 Å². The third-order valence-electron chi connectivity index (χ3n) is 2.65. The third kappa shape index (κ3) is 7.90. The van der Waals surface area contributed by atoms with Crippen LogP contribution in [0.25, 0.3) is 0 Å². The zero-order chi connectivity index (χ0) is 18.2. The molecule has 0 aromatic carbocycles. The lowest BCUT2D eigenvalue weighted by Gasteiger charge is -2.19. The summed E-state index contributed by atoms with van der Waals surface area (Å²) in [5.41, 5.74) is 0.0185. The molecule has 0 atom stereocenters. The van der Waals surface area contributed by atoms with E-state index >= 15 is 0 Å². The highest BCUT2D eigenvalue weighted by molar-refractivity contribution is 7.53. The van der Waals surface area contributed by atoms with Crippen LogP contribution in [0.2, 0.25) is 0 Å². The van der Waals surface area contributed by atoms with Gasteiger partial charge in [0.2, 0.25) is 0 Å². The van der Waals surface area contributed by atoms with E-state index in [1.807, 2.05) is 0 Å². The Bertz CT molecular complexity index is 560. The number of rotatable bonds is 9. The fourth-order valence-corrected chi connectivity index (χ4v) is 3.36. The van der Waals surface area contributed by atoms with Gasteiger partial charge in [0.1, 0.15) is 11.3 Å². The van der Waals surface area contributed by atoms with Crippen molar-refractivity contribution in [2.45, 2.75) is 53.3 Å². The Morgan fingerprint density at radius 2 is 1.92 bits per heavy atom. The largest absolute Gasteiger partial charge is 0.444 e. The zero-order valence-corrected chi connectivity index (χ0v) is 15.8. The maximum absolute atomic E-state index is 12.4. The second-order valence-corrected chi connectivity index (χ2v) is 8.18. The summed E-state index contributed by atoms with van der Waals surface area (Å²) in [7, 11) is -3.11. The number of carbonyl (C=O) groups excluding carboxylic acids is 1. The van der Waals surface area contributed by atoms with Gasteiger partial charge >= 0.3 is 13.7 Å². The molecule has 1 rings (SSSR count). The van der Waals surface area contributed by atoms with Crippen molar-refractivity contribution < 1.29 is 23.1 Å².